The van der Waals surface area contributed by atoms with E-state index in [1.165, 1.54) is 12.2 Å². The lowest BCUT2D eigenvalue weighted by Gasteiger charge is -2.25. The largest absolute Gasteiger partial charge is 0.356 e. The first-order chi connectivity index (χ1) is 9.29. The zero-order valence-electron chi connectivity index (χ0n) is 10.8. The molecule has 0 saturated carbocycles. The highest BCUT2D eigenvalue weighted by Crippen LogP contribution is 2.27. The van der Waals surface area contributed by atoms with Gasteiger partial charge in [0.25, 0.3) is 0 Å². The fraction of sp³-hybridized carbons (Fsp3) is 0.333. The van der Waals surface area contributed by atoms with E-state index in [-0.39, 0.29) is 0 Å². The van der Waals surface area contributed by atoms with Crippen LogP contribution < -0.4 is 4.90 Å². The summed E-state index contributed by atoms with van der Waals surface area (Å²) in [6.07, 6.45) is 1.19. The third kappa shape index (κ3) is 2.26. The van der Waals surface area contributed by atoms with Crippen LogP contribution in [-0.2, 0) is 0 Å². The Morgan fingerprint density at radius 1 is 1.42 bits per heavy atom. The molecule has 19 heavy (non-hydrogen) atoms. The van der Waals surface area contributed by atoms with Crippen molar-refractivity contribution in [2.75, 3.05) is 23.5 Å². The molecule has 1 aromatic heterocycles. The molecule has 1 aromatic carbocycles. The highest BCUT2D eigenvalue weighted by Gasteiger charge is 2.21. The number of thioether (sulfide) groups is 1. The molecule has 0 spiro atoms. The zero-order chi connectivity index (χ0) is 13.2. The molecule has 3 rings (SSSR count). The van der Waals surface area contributed by atoms with Gasteiger partial charge in [0.15, 0.2) is 0 Å². The normalized spacial score (nSPS) is 18.4. The zero-order valence-corrected chi connectivity index (χ0v) is 11.7. The van der Waals surface area contributed by atoms with Gasteiger partial charge in [-0.2, -0.15) is 17.0 Å². The van der Waals surface area contributed by atoms with Crippen LogP contribution in [0.3, 0.4) is 0 Å². The number of para-hydroxylation sites is 1. The molecular weight excluding hydrogens is 254 g/mol. The quantitative estimate of drug-likeness (QED) is 0.840. The Balaban J connectivity index is 2.07. The summed E-state index contributed by atoms with van der Waals surface area (Å²) in [7, 11) is 2.08. The predicted molar refractivity (Wildman–Crippen MR) is 80.6 cm³/mol. The van der Waals surface area contributed by atoms with E-state index in [1.807, 2.05) is 42.1 Å². The second-order valence-corrected chi connectivity index (χ2v) is 5.94. The Hall–Kier alpha value is -1.73. The lowest BCUT2D eigenvalue weighted by atomic mass is 10.1. The molecule has 1 atom stereocenters. The molecule has 4 heteroatoms. The summed E-state index contributed by atoms with van der Waals surface area (Å²) in [4.78, 5) is 6.91. The molecule has 0 N–H and O–H groups in total. The molecular formula is C15H15N3S. The van der Waals surface area contributed by atoms with Crippen molar-refractivity contribution in [2.24, 2.45) is 0 Å². The van der Waals surface area contributed by atoms with Gasteiger partial charge in [0, 0.05) is 24.2 Å². The van der Waals surface area contributed by atoms with E-state index in [0.717, 1.165) is 22.5 Å². The summed E-state index contributed by atoms with van der Waals surface area (Å²) in [6.45, 7) is 0. The van der Waals surface area contributed by atoms with Crippen molar-refractivity contribution in [1.29, 1.82) is 5.26 Å². The van der Waals surface area contributed by atoms with Crippen molar-refractivity contribution in [3.05, 3.63) is 35.9 Å². The summed E-state index contributed by atoms with van der Waals surface area (Å²) in [5.41, 5.74) is 1.60. The van der Waals surface area contributed by atoms with Gasteiger partial charge in [0.2, 0.25) is 0 Å². The SMILES string of the molecule is CN(c1cc(C#N)c2ccccc2n1)C1CCSC1. The van der Waals surface area contributed by atoms with Crippen molar-refractivity contribution in [2.45, 2.75) is 12.5 Å². The average molecular weight is 269 g/mol. The number of fused-ring (bicyclic) bond motifs is 1. The summed E-state index contributed by atoms with van der Waals surface area (Å²) in [6, 6.07) is 12.6. The Morgan fingerprint density at radius 3 is 3.00 bits per heavy atom. The molecule has 0 amide bonds. The standard InChI is InChI=1S/C15H15N3S/c1-18(12-6-7-19-10-12)15-8-11(9-16)13-4-2-3-5-14(13)17-15/h2-5,8,12H,6-7,10H2,1H3. The molecule has 0 aliphatic carbocycles. The van der Waals surface area contributed by atoms with Crippen LogP contribution in [0, 0.1) is 11.3 Å². The van der Waals surface area contributed by atoms with E-state index >= 15 is 0 Å². The van der Waals surface area contributed by atoms with Gasteiger partial charge in [-0.1, -0.05) is 18.2 Å². The van der Waals surface area contributed by atoms with Crippen LogP contribution in [-0.4, -0.2) is 29.6 Å². The maximum Gasteiger partial charge on any atom is 0.130 e. The summed E-state index contributed by atoms with van der Waals surface area (Å²) in [5, 5.41) is 10.2. The Kier molecular flexibility index (Phi) is 3.31. The third-order valence-electron chi connectivity index (χ3n) is 3.64. The smallest absolute Gasteiger partial charge is 0.130 e. The molecule has 2 aromatic rings. The molecule has 96 valence electrons. The van der Waals surface area contributed by atoms with Crippen LogP contribution in [0.15, 0.2) is 30.3 Å². The van der Waals surface area contributed by atoms with Gasteiger partial charge >= 0.3 is 0 Å². The van der Waals surface area contributed by atoms with Crippen molar-refractivity contribution >= 4 is 28.5 Å². The Bertz CT molecular complexity index is 641. The lowest BCUT2D eigenvalue weighted by Crippen LogP contribution is -2.32. The predicted octanol–water partition coefficient (Wildman–Crippen LogP) is 3.05. The number of hydrogen-bond acceptors (Lipinski definition) is 4. The maximum absolute atomic E-state index is 9.31. The number of aromatic nitrogens is 1. The monoisotopic (exact) mass is 269 g/mol. The average Bonchev–Trinajstić information content (AvgIpc) is 2.99. The lowest BCUT2D eigenvalue weighted by molar-refractivity contribution is 0.693. The van der Waals surface area contributed by atoms with Crippen molar-refractivity contribution < 1.29 is 0 Å². The number of pyridine rings is 1. The van der Waals surface area contributed by atoms with E-state index in [1.54, 1.807) is 0 Å². The number of benzene rings is 1. The molecule has 1 fully saturated rings. The minimum Gasteiger partial charge on any atom is -0.356 e. The van der Waals surface area contributed by atoms with Gasteiger partial charge < -0.3 is 4.90 Å². The molecule has 1 aliphatic rings. The fourth-order valence-corrected chi connectivity index (χ4v) is 3.72. The number of anilines is 1. The minimum atomic E-state index is 0.533. The fourth-order valence-electron chi connectivity index (χ4n) is 2.45. The first-order valence-corrected chi connectivity index (χ1v) is 7.55. The molecule has 2 heterocycles. The number of rotatable bonds is 2. The Labute approximate surface area is 117 Å². The number of nitriles is 1. The van der Waals surface area contributed by atoms with E-state index < -0.39 is 0 Å². The first kappa shape index (κ1) is 12.3. The molecule has 0 radical (unpaired) electrons. The van der Waals surface area contributed by atoms with Crippen molar-refractivity contribution in [3.8, 4) is 6.07 Å². The number of nitrogens with zero attached hydrogens (tertiary/aromatic N) is 3. The van der Waals surface area contributed by atoms with Crippen molar-refractivity contribution in [1.82, 2.24) is 4.98 Å². The summed E-state index contributed by atoms with van der Waals surface area (Å²) < 4.78 is 0. The third-order valence-corrected chi connectivity index (χ3v) is 4.78. The minimum absolute atomic E-state index is 0.533. The van der Waals surface area contributed by atoms with Crippen molar-refractivity contribution in [3.63, 3.8) is 0 Å². The van der Waals surface area contributed by atoms with Crippen LogP contribution in [0.25, 0.3) is 10.9 Å². The maximum atomic E-state index is 9.31. The second-order valence-electron chi connectivity index (χ2n) is 4.79. The van der Waals surface area contributed by atoms with Crippen LogP contribution in [0.2, 0.25) is 0 Å². The Morgan fingerprint density at radius 2 is 2.26 bits per heavy atom. The van der Waals surface area contributed by atoms with E-state index in [4.69, 9.17) is 4.98 Å². The van der Waals surface area contributed by atoms with Crippen LogP contribution in [0.1, 0.15) is 12.0 Å². The topological polar surface area (TPSA) is 39.9 Å². The van der Waals surface area contributed by atoms with Gasteiger partial charge in [-0.25, -0.2) is 4.98 Å². The summed E-state index contributed by atoms with van der Waals surface area (Å²) >= 11 is 1.98. The van der Waals surface area contributed by atoms with Crippen LogP contribution >= 0.6 is 11.8 Å². The van der Waals surface area contributed by atoms with E-state index in [2.05, 4.69) is 18.0 Å². The molecule has 1 unspecified atom stereocenters. The van der Waals surface area contributed by atoms with Gasteiger partial charge in [-0.05, 0) is 24.3 Å². The van der Waals surface area contributed by atoms with E-state index in [9.17, 15) is 5.26 Å². The van der Waals surface area contributed by atoms with E-state index in [0.29, 0.717) is 11.6 Å². The molecule has 1 aliphatic heterocycles. The number of hydrogen-bond donors (Lipinski definition) is 0. The van der Waals surface area contributed by atoms with Crippen LogP contribution in [0.4, 0.5) is 5.82 Å². The second kappa shape index (κ2) is 5.10. The molecule has 3 nitrogen and oxygen atoms in total. The molecule has 1 saturated heterocycles. The van der Waals surface area contributed by atoms with Gasteiger partial charge in [0.1, 0.15) is 5.82 Å². The first-order valence-electron chi connectivity index (χ1n) is 6.40. The van der Waals surface area contributed by atoms with Gasteiger partial charge in [-0.3, -0.25) is 0 Å². The highest BCUT2D eigenvalue weighted by atomic mass is 32.2. The van der Waals surface area contributed by atoms with Gasteiger partial charge in [0.05, 0.1) is 17.1 Å². The van der Waals surface area contributed by atoms with Crippen LogP contribution in [0.5, 0.6) is 0 Å². The van der Waals surface area contributed by atoms with Gasteiger partial charge in [-0.15, -0.1) is 0 Å². The molecule has 0 bridgehead atoms. The summed E-state index contributed by atoms with van der Waals surface area (Å²) in [5.74, 6) is 3.27. The highest BCUT2D eigenvalue weighted by molar-refractivity contribution is 7.99.